The molecule has 138 valence electrons. The quantitative estimate of drug-likeness (QED) is 0.639. The van der Waals surface area contributed by atoms with Gasteiger partial charge in [0.05, 0.1) is 4.88 Å². The predicted molar refractivity (Wildman–Crippen MR) is 111 cm³/mol. The molecule has 27 heavy (non-hydrogen) atoms. The SMILES string of the molecule is O=C(Nc1ccc2sc(C(=O)N3CCCCC3)cc2c1)c1ccc(Cl)cc1. The predicted octanol–water partition coefficient (Wildman–Crippen LogP) is 5.43. The van der Waals surface area contributed by atoms with Crippen molar-refractivity contribution in [2.24, 2.45) is 0 Å². The number of carbonyl (C=O) groups excluding carboxylic acids is 2. The first-order valence-electron chi connectivity index (χ1n) is 9.00. The van der Waals surface area contributed by atoms with Gasteiger partial charge in [-0.3, -0.25) is 9.59 Å². The van der Waals surface area contributed by atoms with Crippen LogP contribution in [0.2, 0.25) is 5.02 Å². The van der Waals surface area contributed by atoms with Crippen LogP contribution in [0.4, 0.5) is 5.69 Å². The normalized spacial score (nSPS) is 14.3. The zero-order valence-corrected chi connectivity index (χ0v) is 16.3. The number of piperidine rings is 1. The number of thiophene rings is 1. The van der Waals surface area contributed by atoms with Crippen LogP contribution in [0.25, 0.3) is 10.1 Å². The lowest BCUT2D eigenvalue weighted by molar-refractivity contribution is 0.0729. The molecule has 3 aromatic rings. The van der Waals surface area contributed by atoms with E-state index in [1.54, 1.807) is 24.3 Å². The maximum Gasteiger partial charge on any atom is 0.263 e. The van der Waals surface area contributed by atoms with Crippen LogP contribution in [-0.4, -0.2) is 29.8 Å². The molecule has 6 heteroatoms. The van der Waals surface area contributed by atoms with Gasteiger partial charge in [-0.05, 0) is 73.2 Å². The molecule has 1 fully saturated rings. The van der Waals surface area contributed by atoms with Crippen molar-refractivity contribution in [3.8, 4) is 0 Å². The highest BCUT2D eigenvalue weighted by Crippen LogP contribution is 2.30. The van der Waals surface area contributed by atoms with Gasteiger partial charge >= 0.3 is 0 Å². The fourth-order valence-electron chi connectivity index (χ4n) is 3.28. The number of fused-ring (bicyclic) bond motifs is 1. The number of benzene rings is 2. The average molecular weight is 399 g/mol. The maximum absolute atomic E-state index is 12.7. The number of nitrogens with one attached hydrogen (secondary N) is 1. The summed E-state index contributed by atoms with van der Waals surface area (Å²) in [7, 11) is 0. The first kappa shape index (κ1) is 18.0. The highest BCUT2D eigenvalue weighted by atomic mass is 35.5. The van der Waals surface area contributed by atoms with E-state index in [0.29, 0.717) is 16.3 Å². The molecule has 1 N–H and O–H groups in total. The Kier molecular flexibility index (Phi) is 5.14. The molecule has 2 amide bonds. The standard InChI is InChI=1S/C21H19ClN2O2S/c22-16-6-4-14(5-7-16)20(25)23-17-8-9-18-15(12-17)13-19(27-18)21(26)24-10-2-1-3-11-24/h4-9,12-13H,1-3,10-11H2,(H,23,25). The molecule has 0 saturated carbocycles. The average Bonchev–Trinajstić information content (AvgIpc) is 3.12. The van der Waals surface area contributed by atoms with Gasteiger partial charge in [0, 0.05) is 34.1 Å². The van der Waals surface area contributed by atoms with Crippen molar-refractivity contribution in [2.45, 2.75) is 19.3 Å². The zero-order chi connectivity index (χ0) is 18.8. The van der Waals surface area contributed by atoms with E-state index in [1.807, 2.05) is 29.2 Å². The Hall–Kier alpha value is -2.37. The second kappa shape index (κ2) is 7.71. The monoisotopic (exact) mass is 398 g/mol. The van der Waals surface area contributed by atoms with Gasteiger partial charge in [-0.1, -0.05) is 11.6 Å². The summed E-state index contributed by atoms with van der Waals surface area (Å²) < 4.78 is 1.04. The minimum absolute atomic E-state index is 0.114. The first-order chi connectivity index (χ1) is 13.1. The van der Waals surface area contributed by atoms with Crippen LogP contribution in [-0.2, 0) is 0 Å². The largest absolute Gasteiger partial charge is 0.338 e. The Morgan fingerprint density at radius 1 is 0.963 bits per heavy atom. The molecular weight excluding hydrogens is 380 g/mol. The lowest BCUT2D eigenvalue weighted by atomic mass is 10.1. The Morgan fingerprint density at radius 3 is 2.44 bits per heavy atom. The molecule has 0 atom stereocenters. The summed E-state index contributed by atoms with van der Waals surface area (Å²) in [5, 5.41) is 4.46. The van der Waals surface area contributed by atoms with Gasteiger partial charge in [0.25, 0.3) is 11.8 Å². The fraction of sp³-hybridized carbons (Fsp3) is 0.238. The second-order valence-electron chi connectivity index (χ2n) is 6.68. The van der Waals surface area contributed by atoms with Crippen LogP contribution in [0.5, 0.6) is 0 Å². The number of carbonyl (C=O) groups is 2. The summed E-state index contributed by atoms with van der Waals surface area (Å²) in [6.07, 6.45) is 3.36. The maximum atomic E-state index is 12.7. The van der Waals surface area contributed by atoms with Gasteiger partial charge in [0.1, 0.15) is 0 Å². The molecule has 1 saturated heterocycles. The van der Waals surface area contributed by atoms with E-state index in [2.05, 4.69) is 5.32 Å². The van der Waals surface area contributed by atoms with E-state index in [1.165, 1.54) is 17.8 Å². The molecule has 1 aromatic heterocycles. The third-order valence-corrected chi connectivity index (χ3v) is 6.09. The molecule has 0 spiro atoms. The number of likely N-dealkylation sites (tertiary alicyclic amines) is 1. The smallest absolute Gasteiger partial charge is 0.263 e. The Bertz CT molecular complexity index is 991. The Balaban J connectivity index is 1.52. The van der Waals surface area contributed by atoms with Crippen LogP contribution in [0.1, 0.15) is 39.3 Å². The van der Waals surface area contributed by atoms with Crippen LogP contribution in [0, 0.1) is 0 Å². The number of hydrogen-bond acceptors (Lipinski definition) is 3. The summed E-state index contributed by atoms with van der Waals surface area (Å²) >= 11 is 7.37. The highest BCUT2D eigenvalue weighted by molar-refractivity contribution is 7.20. The number of amides is 2. The van der Waals surface area contributed by atoms with E-state index < -0.39 is 0 Å². The molecule has 1 aliphatic rings. The lowest BCUT2D eigenvalue weighted by Gasteiger charge is -2.26. The molecule has 0 unspecified atom stereocenters. The summed E-state index contributed by atoms with van der Waals surface area (Å²) in [5.41, 5.74) is 1.25. The van der Waals surface area contributed by atoms with Gasteiger partial charge in [0.15, 0.2) is 0 Å². The zero-order valence-electron chi connectivity index (χ0n) is 14.7. The molecule has 1 aliphatic heterocycles. The molecule has 2 heterocycles. The molecular formula is C21H19ClN2O2S. The van der Waals surface area contributed by atoms with E-state index in [4.69, 9.17) is 11.6 Å². The molecule has 0 bridgehead atoms. The Labute approximate surface area is 166 Å². The number of halogens is 1. The number of hydrogen-bond donors (Lipinski definition) is 1. The molecule has 0 radical (unpaired) electrons. The van der Waals surface area contributed by atoms with Gasteiger partial charge < -0.3 is 10.2 Å². The van der Waals surface area contributed by atoms with Crippen molar-refractivity contribution in [1.82, 2.24) is 4.90 Å². The van der Waals surface area contributed by atoms with Crippen molar-refractivity contribution in [2.75, 3.05) is 18.4 Å². The molecule has 4 nitrogen and oxygen atoms in total. The topological polar surface area (TPSA) is 49.4 Å². The van der Waals surface area contributed by atoms with Gasteiger partial charge in [0.2, 0.25) is 0 Å². The van der Waals surface area contributed by atoms with E-state index in [-0.39, 0.29) is 11.8 Å². The fourth-order valence-corrected chi connectivity index (χ4v) is 4.42. The van der Waals surface area contributed by atoms with Crippen LogP contribution < -0.4 is 5.32 Å². The van der Waals surface area contributed by atoms with E-state index in [0.717, 1.165) is 40.9 Å². The highest BCUT2D eigenvalue weighted by Gasteiger charge is 2.20. The van der Waals surface area contributed by atoms with Gasteiger partial charge in [-0.15, -0.1) is 11.3 Å². The number of anilines is 1. The summed E-state index contributed by atoms with van der Waals surface area (Å²) in [6.45, 7) is 1.69. The van der Waals surface area contributed by atoms with Crippen LogP contribution in [0.3, 0.4) is 0 Å². The van der Waals surface area contributed by atoms with Gasteiger partial charge in [-0.25, -0.2) is 0 Å². The summed E-state index contributed by atoms with van der Waals surface area (Å²) in [4.78, 5) is 27.8. The van der Waals surface area contributed by atoms with Crippen molar-refractivity contribution in [3.63, 3.8) is 0 Å². The van der Waals surface area contributed by atoms with Crippen LogP contribution in [0.15, 0.2) is 48.5 Å². The number of nitrogens with zero attached hydrogens (tertiary/aromatic N) is 1. The van der Waals surface area contributed by atoms with Crippen molar-refractivity contribution in [3.05, 3.63) is 64.0 Å². The van der Waals surface area contributed by atoms with Crippen molar-refractivity contribution >= 4 is 50.5 Å². The van der Waals surface area contributed by atoms with Gasteiger partial charge in [-0.2, -0.15) is 0 Å². The van der Waals surface area contributed by atoms with Crippen molar-refractivity contribution < 1.29 is 9.59 Å². The Morgan fingerprint density at radius 2 is 1.70 bits per heavy atom. The minimum atomic E-state index is -0.189. The molecule has 0 aliphatic carbocycles. The summed E-state index contributed by atoms with van der Waals surface area (Å²) in [5.74, 6) is -0.0755. The lowest BCUT2D eigenvalue weighted by Crippen LogP contribution is -2.35. The van der Waals surface area contributed by atoms with E-state index in [9.17, 15) is 9.59 Å². The third kappa shape index (κ3) is 3.99. The van der Waals surface area contributed by atoms with Crippen molar-refractivity contribution in [1.29, 1.82) is 0 Å². The summed E-state index contributed by atoms with van der Waals surface area (Å²) in [6, 6.07) is 14.4. The molecule has 2 aromatic carbocycles. The van der Waals surface area contributed by atoms with Crippen LogP contribution >= 0.6 is 22.9 Å². The first-order valence-corrected chi connectivity index (χ1v) is 10.2. The number of rotatable bonds is 3. The van der Waals surface area contributed by atoms with E-state index >= 15 is 0 Å². The molecule has 4 rings (SSSR count). The minimum Gasteiger partial charge on any atom is -0.338 e. The second-order valence-corrected chi connectivity index (χ2v) is 8.20. The third-order valence-electron chi connectivity index (χ3n) is 4.73.